The predicted octanol–water partition coefficient (Wildman–Crippen LogP) is 4.34. The van der Waals surface area contributed by atoms with E-state index < -0.39 is 0 Å². The number of imidazole rings is 1. The molecule has 0 radical (unpaired) electrons. The number of halogens is 1. The van der Waals surface area contributed by atoms with E-state index in [2.05, 4.69) is 48.1 Å². The number of hydrogen-bond donors (Lipinski definition) is 3. The average molecular weight is 517 g/mol. The molecule has 3 N–H and O–H groups in total. The van der Waals surface area contributed by atoms with E-state index in [1.54, 1.807) is 6.07 Å². The van der Waals surface area contributed by atoms with Gasteiger partial charge in [0.15, 0.2) is 17.2 Å². The lowest BCUT2D eigenvalue weighted by Gasteiger charge is -2.36. The van der Waals surface area contributed by atoms with Crippen LogP contribution in [0.2, 0.25) is 5.02 Å². The zero-order valence-electron chi connectivity index (χ0n) is 20.5. The van der Waals surface area contributed by atoms with E-state index in [1.165, 1.54) is 36.4 Å². The maximum atomic E-state index is 9.74. The summed E-state index contributed by atoms with van der Waals surface area (Å²) >= 11 is 6.91. The van der Waals surface area contributed by atoms with Crippen LogP contribution in [0, 0.1) is 22.7 Å². The van der Waals surface area contributed by atoms with Crippen LogP contribution in [-0.2, 0) is 0 Å². The lowest BCUT2D eigenvalue weighted by atomic mass is 10.0. The number of aromatic nitrogens is 4. The Hall–Kier alpha value is -3.60. The van der Waals surface area contributed by atoms with Crippen LogP contribution in [0.15, 0.2) is 18.3 Å². The van der Waals surface area contributed by atoms with Crippen molar-refractivity contribution in [1.82, 2.24) is 24.9 Å². The van der Waals surface area contributed by atoms with Crippen LogP contribution in [0.25, 0.3) is 5.65 Å². The summed E-state index contributed by atoms with van der Waals surface area (Å²) in [7, 11) is 0. The highest BCUT2D eigenvalue weighted by Crippen LogP contribution is 2.37. The molecule has 6 rings (SSSR count). The fourth-order valence-corrected chi connectivity index (χ4v) is 5.63. The highest BCUT2D eigenvalue weighted by molar-refractivity contribution is 6.36. The second-order valence-corrected chi connectivity index (χ2v) is 10.6. The normalized spacial score (nSPS) is 18.6. The van der Waals surface area contributed by atoms with Gasteiger partial charge in [-0.25, -0.2) is 4.98 Å². The first-order valence-electron chi connectivity index (χ1n) is 13.1. The van der Waals surface area contributed by atoms with E-state index >= 15 is 0 Å². The van der Waals surface area contributed by atoms with Gasteiger partial charge in [0, 0.05) is 31.2 Å². The molecule has 3 aromatic rings. The number of nitrogens with zero attached hydrogens (tertiary/aromatic N) is 7. The Bertz CT molecular complexity index is 1390. The SMILES string of the molecule is N#Cc1cc(Nc2nc(NC3CC3)c3ncc(C#N)n3n2)c(Cl)c(N2CCC(NC3CCCC3)CC2)c1. The molecule has 10 nitrogen and oxygen atoms in total. The minimum Gasteiger partial charge on any atom is -0.370 e. The van der Waals surface area contributed by atoms with Crippen molar-refractivity contribution in [3.8, 4) is 12.1 Å². The van der Waals surface area contributed by atoms with Gasteiger partial charge >= 0.3 is 0 Å². The molecule has 11 heteroatoms. The van der Waals surface area contributed by atoms with Gasteiger partial charge in [-0.3, -0.25) is 0 Å². The standard InChI is InChI=1S/C26H29ClN10/c27-23-21(33-26-34-24(32-18-5-6-18)25-30-15-20(14-29)37(25)35-26)11-16(13-28)12-22(23)36-9-7-19(8-10-36)31-17-3-1-2-4-17/h11-12,15,17-19,31H,1-10H2,(H2,32,33,34,35). The van der Waals surface area contributed by atoms with E-state index in [0.717, 1.165) is 44.5 Å². The van der Waals surface area contributed by atoms with Crippen LogP contribution in [0.1, 0.15) is 62.6 Å². The van der Waals surface area contributed by atoms with Gasteiger partial charge in [-0.2, -0.15) is 20.0 Å². The number of hydrogen-bond acceptors (Lipinski definition) is 9. The van der Waals surface area contributed by atoms with Gasteiger partial charge in [0.1, 0.15) is 6.07 Å². The van der Waals surface area contributed by atoms with E-state index in [9.17, 15) is 10.5 Å². The lowest BCUT2D eigenvalue weighted by Crippen LogP contribution is -2.45. The maximum absolute atomic E-state index is 9.74. The summed E-state index contributed by atoms with van der Waals surface area (Å²) in [5, 5.41) is 34.7. The number of fused-ring (bicyclic) bond motifs is 1. The Labute approximate surface area is 220 Å². The molecule has 3 aliphatic rings. The van der Waals surface area contributed by atoms with Gasteiger partial charge in [-0.15, -0.1) is 5.10 Å². The molecule has 0 spiro atoms. The molecule has 3 fully saturated rings. The van der Waals surface area contributed by atoms with Crippen molar-refractivity contribution >= 4 is 40.4 Å². The minimum atomic E-state index is 0.271. The molecule has 37 heavy (non-hydrogen) atoms. The first-order valence-corrected chi connectivity index (χ1v) is 13.4. The summed E-state index contributed by atoms with van der Waals surface area (Å²) in [5.74, 6) is 0.832. The molecule has 2 aromatic heterocycles. The Morgan fingerprint density at radius 2 is 1.70 bits per heavy atom. The number of nitriles is 2. The molecule has 1 aliphatic heterocycles. The molecule has 190 valence electrons. The van der Waals surface area contributed by atoms with Crippen molar-refractivity contribution in [1.29, 1.82) is 10.5 Å². The molecule has 0 amide bonds. The number of benzene rings is 1. The number of anilines is 4. The van der Waals surface area contributed by atoms with Crippen molar-refractivity contribution in [2.24, 2.45) is 0 Å². The van der Waals surface area contributed by atoms with Gasteiger partial charge < -0.3 is 20.9 Å². The topological polar surface area (TPSA) is 130 Å². The molecule has 3 heterocycles. The molecule has 2 aliphatic carbocycles. The van der Waals surface area contributed by atoms with Crippen molar-refractivity contribution in [2.75, 3.05) is 28.6 Å². The zero-order chi connectivity index (χ0) is 25.4. The Morgan fingerprint density at radius 1 is 0.946 bits per heavy atom. The van der Waals surface area contributed by atoms with Gasteiger partial charge in [-0.1, -0.05) is 24.4 Å². The molecule has 1 saturated heterocycles. The molecular weight excluding hydrogens is 488 g/mol. The van der Waals surface area contributed by atoms with Gasteiger partial charge in [0.05, 0.1) is 34.2 Å². The smallest absolute Gasteiger partial charge is 0.247 e. The van der Waals surface area contributed by atoms with Crippen molar-refractivity contribution in [3.63, 3.8) is 0 Å². The van der Waals surface area contributed by atoms with Crippen LogP contribution in [0.4, 0.5) is 23.1 Å². The van der Waals surface area contributed by atoms with Crippen LogP contribution in [0.3, 0.4) is 0 Å². The van der Waals surface area contributed by atoms with E-state index in [1.807, 2.05) is 6.07 Å². The first kappa shape index (κ1) is 23.8. The van der Waals surface area contributed by atoms with E-state index in [-0.39, 0.29) is 5.95 Å². The lowest BCUT2D eigenvalue weighted by molar-refractivity contribution is 0.367. The van der Waals surface area contributed by atoms with Crippen LogP contribution < -0.4 is 20.9 Å². The minimum absolute atomic E-state index is 0.271. The van der Waals surface area contributed by atoms with Crippen molar-refractivity contribution in [2.45, 2.75) is 69.5 Å². The Balaban J connectivity index is 1.26. The summed E-state index contributed by atoms with van der Waals surface area (Å²) < 4.78 is 1.48. The largest absolute Gasteiger partial charge is 0.370 e. The summed E-state index contributed by atoms with van der Waals surface area (Å²) in [6, 6.07) is 9.47. The Kier molecular flexibility index (Phi) is 6.45. The van der Waals surface area contributed by atoms with Crippen LogP contribution in [0.5, 0.6) is 0 Å². The van der Waals surface area contributed by atoms with E-state index in [4.69, 9.17) is 11.6 Å². The maximum Gasteiger partial charge on any atom is 0.247 e. The monoisotopic (exact) mass is 516 g/mol. The third kappa shape index (κ3) is 5.00. The number of piperidine rings is 1. The second-order valence-electron chi connectivity index (χ2n) is 10.2. The number of nitrogens with one attached hydrogen (secondary N) is 3. The van der Waals surface area contributed by atoms with Crippen molar-refractivity contribution < 1.29 is 0 Å². The molecule has 2 saturated carbocycles. The summed E-state index contributed by atoms with van der Waals surface area (Å²) in [4.78, 5) is 11.2. The molecular formula is C26H29ClN10. The van der Waals surface area contributed by atoms with E-state index in [0.29, 0.717) is 51.6 Å². The number of rotatable bonds is 7. The van der Waals surface area contributed by atoms with Crippen LogP contribution >= 0.6 is 11.6 Å². The molecule has 1 aromatic carbocycles. The molecule has 0 atom stereocenters. The third-order valence-electron chi connectivity index (χ3n) is 7.49. The highest BCUT2D eigenvalue weighted by atomic mass is 35.5. The fourth-order valence-electron chi connectivity index (χ4n) is 5.36. The quantitative estimate of drug-likeness (QED) is 0.419. The summed E-state index contributed by atoms with van der Waals surface area (Å²) in [5.41, 5.74) is 2.70. The summed E-state index contributed by atoms with van der Waals surface area (Å²) in [6.07, 6.45) is 10.9. The van der Waals surface area contributed by atoms with Gasteiger partial charge in [0.2, 0.25) is 5.95 Å². The third-order valence-corrected chi connectivity index (χ3v) is 7.88. The molecule has 0 bridgehead atoms. The second kappa shape index (κ2) is 10.0. The van der Waals surface area contributed by atoms with Crippen molar-refractivity contribution in [3.05, 3.63) is 34.6 Å². The van der Waals surface area contributed by atoms with Gasteiger partial charge in [-0.05, 0) is 50.7 Å². The van der Waals surface area contributed by atoms with Crippen LogP contribution in [-0.4, -0.2) is 50.8 Å². The predicted molar refractivity (Wildman–Crippen MR) is 142 cm³/mol. The Morgan fingerprint density at radius 3 is 2.41 bits per heavy atom. The highest BCUT2D eigenvalue weighted by Gasteiger charge is 2.27. The van der Waals surface area contributed by atoms with Gasteiger partial charge in [0.25, 0.3) is 0 Å². The first-order chi connectivity index (χ1) is 18.1. The fraction of sp³-hybridized carbons (Fsp3) is 0.500. The molecule has 0 unspecified atom stereocenters. The summed E-state index contributed by atoms with van der Waals surface area (Å²) in [6.45, 7) is 1.74. The zero-order valence-corrected chi connectivity index (χ0v) is 21.3. The average Bonchev–Trinajstić information content (AvgIpc) is 3.40.